The number of ketones is 2. The Hall–Kier alpha value is -2.26. The zero-order chi connectivity index (χ0) is 17.3. The van der Waals surface area contributed by atoms with Crippen molar-refractivity contribution in [2.75, 3.05) is 20.1 Å². The second-order valence-electron chi connectivity index (χ2n) is 6.89. The lowest BCUT2D eigenvalue weighted by Crippen LogP contribution is -2.29. The summed E-state index contributed by atoms with van der Waals surface area (Å²) in [5, 5.41) is 0. The van der Waals surface area contributed by atoms with Crippen molar-refractivity contribution in [1.29, 1.82) is 0 Å². The van der Waals surface area contributed by atoms with E-state index >= 15 is 0 Å². The molecule has 0 saturated carbocycles. The monoisotopic (exact) mass is 321 g/mol. The summed E-state index contributed by atoms with van der Waals surface area (Å²) < 4.78 is 0. The Labute approximate surface area is 143 Å². The first kappa shape index (κ1) is 16.6. The van der Waals surface area contributed by atoms with Crippen LogP contribution in [-0.2, 0) is 0 Å². The highest BCUT2D eigenvalue weighted by molar-refractivity contribution is 6.05. The largest absolute Gasteiger partial charge is 0.305 e. The Kier molecular flexibility index (Phi) is 4.63. The van der Waals surface area contributed by atoms with Crippen LogP contribution in [0.1, 0.15) is 31.8 Å². The van der Waals surface area contributed by atoms with Crippen LogP contribution in [0, 0.1) is 25.7 Å². The van der Waals surface area contributed by atoms with Crippen LogP contribution in [0.15, 0.2) is 48.5 Å². The Morgan fingerprint density at radius 3 is 1.42 bits per heavy atom. The standard InChI is InChI=1S/C21H23NO2/c1-14-4-8-16(9-5-14)20(23)18-12-22(3)13-19(18)21(24)17-10-6-15(2)7-11-17/h4-11,18-19H,12-13H2,1-3H3/t18-,19-/m1/s1. The van der Waals surface area contributed by atoms with Gasteiger partial charge in [-0.15, -0.1) is 0 Å². The fraction of sp³-hybridized carbons (Fsp3) is 0.333. The molecule has 1 fully saturated rings. The number of hydrogen-bond donors (Lipinski definition) is 0. The predicted octanol–water partition coefficient (Wildman–Crippen LogP) is 3.55. The molecule has 0 radical (unpaired) electrons. The van der Waals surface area contributed by atoms with Crippen LogP contribution < -0.4 is 0 Å². The summed E-state index contributed by atoms with van der Waals surface area (Å²) in [7, 11) is 1.97. The van der Waals surface area contributed by atoms with E-state index in [2.05, 4.69) is 4.90 Å². The van der Waals surface area contributed by atoms with E-state index in [-0.39, 0.29) is 23.4 Å². The van der Waals surface area contributed by atoms with Gasteiger partial charge in [0.25, 0.3) is 0 Å². The highest BCUT2D eigenvalue weighted by Gasteiger charge is 2.40. The van der Waals surface area contributed by atoms with Crippen LogP contribution in [0.4, 0.5) is 0 Å². The maximum Gasteiger partial charge on any atom is 0.168 e. The summed E-state index contributed by atoms with van der Waals surface area (Å²) in [6.07, 6.45) is 0. The van der Waals surface area contributed by atoms with Crippen molar-refractivity contribution in [3.8, 4) is 0 Å². The number of rotatable bonds is 4. The smallest absolute Gasteiger partial charge is 0.168 e. The van der Waals surface area contributed by atoms with E-state index in [0.717, 1.165) is 11.1 Å². The van der Waals surface area contributed by atoms with Gasteiger partial charge in [-0.1, -0.05) is 59.7 Å². The molecule has 1 aliphatic heterocycles. The van der Waals surface area contributed by atoms with Crippen LogP contribution in [0.2, 0.25) is 0 Å². The van der Waals surface area contributed by atoms with Crippen LogP contribution in [0.3, 0.4) is 0 Å². The molecule has 0 aliphatic carbocycles. The third-order valence-electron chi connectivity index (χ3n) is 4.85. The third kappa shape index (κ3) is 3.31. The fourth-order valence-electron chi connectivity index (χ4n) is 3.40. The van der Waals surface area contributed by atoms with E-state index < -0.39 is 0 Å². The van der Waals surface area contributed by atoms with E-state index in [1.54, 1.807) is 0 Å². The first-order valence-electron chi connectivity index (χ1n) is 8.36. The van der Waals surface area contributed by atoms with Crippen molar-refractivity contribution in [2.45, 2.75) is 13.8 Å². The minimum absolute atomic E-state index is 0.0739. The molecular weight excluding hydrogens is 298 g/mol. The second-order valence-corrected chi connectivity index (χ2v) is 6.89. The first-order chi connectivity index (χ1) is 11.5. The predicted molar refractivity (Wildman–Crippen MR) is 95.5 cm³/mol. The quantitative estimate of drug-likeness (QED) is 0.808. The number of hydrogen-bond acceptors (Lipinski definition) is 3. The van der Waals surface area contributed by atoms with Gasteiger partial charge in [0.2, 0.25) is 0 Å². The summed E-state index contributed by atoms with van der Waals surface area (Å²) in [6.45, 7) is 5.27. The van der Waals surface area contributed by atoms with Crippen LogP contribution in [0.25, 0.3) is 0 Å². The van der Waals surface area contributed by atoms with Crippen molar-refractivity contribution in [3.05, 3.63) is 70.8 Å². The number of aryl methyl sites for hydroxylation is 2. The normalized spacial score (nSPS) is 21.0. The van der Waals surface area contributed by atoms with Crippen LogP contribution in [-0.4, -0.2) is 36.6 Å². The summed E-state index contributed by atoms with van der Waals surface area (Å²) in [5.74, 6) is -0.396. The zero-order valence-corrected chi connectivity index (χ0v) is 14.5. The van der Waals surface area contributed by atoms with E-state index in [1.165, 1.54) is 0 Å². The molecule has 1 saturated heterocycles. The molecule has 1 heterocycles. The van der Waals surface area contributed by atoms with Crippen LogP contribution in [0.5, 0.6) is 0 Å². The first-order valence-corrected chi connectivity index (χ1v) is 8.36. The highest BCUT2D eigenvalue weighted by Crippen LogP contribution is 2.29. The van der Waals surface area contributed by atoms with Crippen molar-refractivity contribution in [1.82, 2.24) is 4.90 Å². The minimum Gasteiger partial charge on any atom is -0.305 e. The zero-order valence-electron chi connectivity index (χ0n) is 14.5. The molecule has 0 bridgehead atoms. The van der Waals surface area contributed by atoms with Crippen molar-refractivity contribution in [2.24, 2.45) is 11.8 Å². The van der Waals surface area contributed by atoms with Gasteiger partial charge in [-0.05, 0) is 20.9 Å². The van der Waals surface area contributed by atoms with E-state index in [4.69, 9.17) is 0 Å². The molecule has 3 heteroatoms. The highest BCUT2D eigenvalue weighted by atomic mass is 16.1. The van der Waals surface area contributed by atoms with Gasteiger partial charge < -0.3 is 4.90 Å². The molecular formula is C21H23NO2. The average Bonchev–Trinajstić information content (AvgIpc) is 2.97. The Morgan fingerprint density at radius 1 is 0.750 bits per heavy atom. The number of nitrogens with zero attached hydrogens (tertiary/aromatic N) is 1. The Balaban J connectivity index is 1.86. The lowest BCUT2D eigenvalue weighted by molar-refractivity contribution is 0.0809. The summed E-state index contributed by atoms with van der Waals surface area (Å²) in [4.78, 5) is 27.9. The van der Waals surface area contributed by atoms with E-state index in [0.29, 0.717) is 24.2 Å². The number of benzene rings is 2. The molecule has 0 amide bonds. The number of carbonyl (C=O) groups excluding carboxylic acids is 2. The van der Waals surface area contributed by atoms with Gasteiger partial charge in [-0.25, -0.2) is 0 Å². The second kappa shape index (κ2) is 6.70. The van der Waals surface area contributed by atoms with Gasteiger partial charge in [0.05, 0.1) is 0 Å². The van der Waals surface area contributed by atoms with Crippen molar-refractivity contribution in [3.63, 3.8) is 0 Å². The van der Waals surface area contributed by atoms with Crippen LogP contribution >= 0.6 is 0 Å². The molecule has 0 unspecified atom stereocenters. The van der Waals surface area contributed by atoms with Gasteiger partial charge in [0.15, 0.2) is 11.6 Å². The lowest BCUT2D eigenvalue weighted by atomic mass is 9.83. The molecule has 1 aliphatic rings. The molecule has 24 heavy (non-hydrogen) atoms. The molecule has 0 N–H and O–H groups in total. The number of Topliss-reactive ketones (excluding diaryl/α,β-unsaturated/α-hetero) is 2. The van der Waals surface area contributed by atoms with E-state index in [1.807, 2.05) is 69.4 Å². The molecule has 0 spiro atoms. The lowest BCUT2D eigenvalue weighted by Gasteiger charge is -2.17. The van der Waals surface area contributed by atoms with Gasteiger partial charge in [0.1, 0.15) is 0 Å². The topological polar surface area (TPSA) is 37.4 Å². The molecule has 0 aromatic heterocycles. The fourth-order valence-corrected chi connectivity index (χ4v) is 3.40. The maximum absolute atomic E-state index is 12.9. The van der Waals surface area contributed by atoms with Crippen molar-refractivity contribution >= 4 is 11.6 Å². The summed E-state index contributed by atoms with van der Waals surface area (Å²) in [6, 6.07) is 15.2. The Morgan fingerprint density at radius 2 is 1.08 bits per heavy atom. The maximum atomic E-state index is 12.9. The van der Waals surface area contributed by atoms with Gasteiger partial charge in [0, 0.05) is 36.1 Å². The van der Waals surface area contributed by atoms with Gasteiger partial charge in [-0.3, -0.25) is 9.59 Å². The average molecular weight is 321 g/mol. The molecule has 2 aromatic rings. The molecule has 2 aromatic carbocycles. The van der Waals surface area contributed by atoms with E-state index in [9.17, 15) is 9.59 Å². The number of likely N-dealkylation sites (tertiary alicyclic amines) is 1. The molecule has 2 atom stereocenters. The molecule has 3 rings (SSSR count). The van der Waals surface area contributed by atoms with Crippen molar-refractivity contribution < 1.29 is 9.59 Å². The molecule has 3 nitrogen and oxygen atoms in total. The summed E-state index contributed by atoms with van der Waals surface area (Å²) >= 11 is 0. The minimum atomic E-state index is -0.272. The van der Waals surface area contributed by atoms with Gasteiger partial charge >= 0.3 is 0 Å². The number of carbonyl (C=O) groups is 2. The molecule has 124 valence electrons. The Bertz CT molecular complexity index is 681. The summed E-state index contributed by atoms with van der Waals surface area (Å²) in [5.41, 5.74) is 3.65. The third-order valence-corrected chi connectivity index (χ3v) is 4.85. The van der Waals surface area contributed by atoms with Gasteiger partial charge in [-0.2, -0.15) is 0 Å². The SMILES string of the molecule is Cc1ccc(C(=O)[C@@H]2CN(C)C[C@H]2C(=O)c2ccc(C)cc2)cc1.